The zero-order valence-corrected chi connectivity index (χ0v) is 10.2. The van der Waals surface area contributed by atoms with Crippen molar-refractivity contribution in [3.8, 4) is 12.3 Å². The smallest absolute Gasteiger partial charge is 0.159 e. The molecule has 1 aliphatic rings. The van der Waals surface area contributed by atoms with Gasteiger partial charge in [0.25, 0.3) is 0 Å². The third-order valence-corrected chi connectivity index (χ3v) is 2.72. The predicted molar refractivity (Wildman–Crippen MR) is 65.1 cm³/mol. The molecule has 0 aromatic rings. The summed E-state index contributed by atoms with van der Waals surface area (Å²) >= 11 is 0. The minimum Gasteiger partial charge on any atom is -0.350 e. The molecular weight excluding hydrogens is 202 g/mol. The summed E-state index contributed by atoms with van der Waals surface area (Å²) in [6, 6.07) is 0.469. The van der Waals surface area contributed by atoms with Gasteiger partial charge < -0.3 is 14.8 Å². The van der Waals surface area contributed by atoms with Crippen LogP contribution in [0.4, 0.5) is 0 Å². The number of nitrogens with one attached hydrogen (secondary N) is 1. The van der Waals surface area contributed by atoms with Crippen LogP contribution >= 0.6 is 0 Å². The number of unbranched alkanes of at least 4 members (excludes halogenated alkanes) is 1. The summed E-state index contributed by atoms with van der Waals surface area (Å²) in [6.45, 7) is 4.69. The predicted octanol–water partition coefficient (Wildman–Crippen LogP) is 1.92. The molecule has 1 unspecified atom stereocenters. The Morgan fingerprint density at radius 2 is 2.19 bits per heavy atom. The van der Waals surface area contributed by atoms with E-state index in [0.29, 0.717) is 6.04 Å². The van der Waals surface area contributed by atoms with Crippen molar-refractivity contribution in [3.05, 3.63) is 0 Å². The molecule has 16 heavy (non-hydrogen) atoms. The van der Waals surface area contributed by atoms with Crippen LogP contribution in [0.5, 0.6) is 0 Å². The fourth-order valence-electron chi connectivity index (χ4n) is 1.88. The molecule has 92 valence electrons. The largest absolute Gasteiger partial charge is 0.350 e. The van der Waals surface area contributed by atoms with E-state index in [4.69, 9.17) is 15.9 Å². The highest BCUT2D eigenvalue weighted by Gasteiger charge is 2.20. The van der Waals surface area contributed by atoms with Gasteiger partial charge in [-0.2, -0.15) is 0 Å². The van der Waals surface area contributed by atoms with Gasteiger partial charge in [0, 0.05) is 18.9 Å². The zero-order chi connectivity index (χ0) is 11.6. The van der Waals surface area contributed by atoms with Crippen LogP contribution in [0.3, 0.4) is 0 Å². The van der Waals surface area contributed by atoms with Crippen molar-refractivity contribution in [2.75, 3.05) is 19.8 Å². The molecule has 0 spiro atoms. The van der Waals surface area contributed by atoms with Gasteiger partial charge in [-0.3, -0.25) is 0 Å². The second-order valence-electron chi connectivity index (χ2n) is 4.15. The molecule has 3 nitrogen and oxygen atoms in total. The molecule has 1 N–H and O–H groups in total. The Morgan fingerprint density at radius 3 is 2.81 bits per heavy atom. The standard InChI is InChI=1S/C13H23NO2/c1-3-5-6-7-12(14-8-4-2)11-13-15-9-10-16-13/h1,12-14H,4-11H2,2H3. The molecule has 1 atom stereocenters. The molecule has 0 aromatic heterocycles. The summed E-state index contributed by atoms with van der Waals surface area (Å²) in [5.74, 6) is 2.68. The summed E-state index contributed by atoms with van der Waals surface area (Å²) in [6.07, 6.45) is 10.4. The Kier molecular flexibility index (Phi) is 7.24. The molecule has 1 heterocycles. The summed E-state index contributed by atoms with van der Waals surface area (Å²) < 4.78 is 10.9. The molecule has 0 aromatic carbocycles. The van der Waals surface area contributed by atoms with Gasteiger partial charge in [0.05, 0.1) is 13.2 Å². The van der Waals surface area contributed by atoms with E-state index in [2.05, 4.69) is 18.2 Å². The number of terminal acetylenes is 1. The molecule has 1 aliphatic heterocycles. The lowest BCUT2D eigenvalue weighted by atomic mass is 10.1. The summed E-state index contributed by atoms with van der Waals surface area (Å²) in [5, 5.41) is 3.53. The van der Waals surface area contributed by atoms with Gasteiger partial charge >= 0.3 is 0 Å². The third-order valence-electron chi connectivity index (χ3n) is 2.72. The molecule has 0 saturated carbocycles. The molecule has 3 heteroatoms. The average molecular weight is 225 g/mol. The molecule has 1 fully saturated rings. The summed E-state index contributed by atoms with van der Waals surface area (Å²) in [5.41, 5.74) is 0. The van der Waals surface area contributed by atoms with Crippen molar-refractivity contribution in [1.29, 1.82) is 0 Å². The highest BCUT2D eigenvalue weighted by atomic mass is 16.7. The second kappa shape index (κ2) is 8.58. The Labute approximate surface area is 98.9 Å². The molecule has 0 aliphatic carbocycles. The van der Waals surface area contributed by atoms with Crippen LogP contribution in [-0.4, -0.2) is 32.1 Å². The Balaban J connectivity index is 2.21. The normalized spacial score (nSPS) is 18.5. The van der Waals surface area contributed by atoms with E-state index >= 15 is 0 Å². The first-order chi connectivity index (χ1) is 7.86. The van der Waals surface area contributed by atoms with Crippen LogP contribution in [0, 0.1) is 12.3 Å². The molecule has 0 radical (unpaired) electrons. The molecular formula is C13H23NO2. The van der Waals surface area contributed by atoms with E-state index in [-0.39, 0.29) is 6.29 Å². The average Bonchev–Trinajstić information content (AvgIpc) is 2.78. The highest BCUT2D eigenvalue weighted by molar-refractivity contribution is 4.84. The first-order valence-electron chi connectivity index (χ1n) is 6.27. The van der Waals surface area contributed by atoms with Gasteiger partial charge in [0.15, 0.2) is 6.29 Å². The maximum atomic E-state index is 5.47. The molecule has 0 amide bonds. The lowest BCUT2D eigenvalue weighted by molar-refractivity contribution is -0.0532. The van der Waals surface area contributed by atoms with Crippen molar-refractivity contribution >= 4 is 0 Å². The van der Waals surface area contributed by atoms with Crippen molar-refractivity contribution in [3.63, 3.8) is 0 Å². The van der Waals surface area contributed by atoms with Crippen LogP contribution in [0.15, 0.2) is 0 Å². The Hall–Kier alpha value is -0.560. The highest BCUT2D eigenvalue weighted by Crippen LogP contribution is 2.14. The van der Waals surface area contributed by atoms with Crippen molar-refractivity contribution in [2.45, 2.75) is 51.4 Å². The maximum absolute atomic E-state index is 5.47. The minimum atomic E-state index is -0.0137. The van der Waals surface area contributed by atoms with Gasteiger partial charge in [-0.15, -0.1) is 12.3 Å². The Bertz CT molecular complexity index is 206. The van der Waals surface area contributed by atoms with Crippen LogP contribution in [0.25, 0.3) is 0 Å². The molecule has 0 bridgehead atoms. The fourth-order valence-corrected chi connectivity index (χ4v) is 1.88. The van der Waals surface area contributed by atoms with Gasteiger partial charge in [-0.1, -0.05) is 6.92 Å². The number of rotatable bonds is 8. The van der Waals surface area contributed by atoms with Gasteiger partial charge in [0.2, 0.25) is 0 Å². The van der Waals surface area contributed by atoms with E-state index in [1.54, 1.807) is 0 Å². The summed E-state index contributed by atoms with van der Waals surface area (Å²) in [4.78, 5) is 0. The van der Waals surface area contributed by atoms with E-state index in [0.717, 1.165) is 51.9 Å². The van der Waals surface area contributed by atoms with Crippen LogP contribution in [0.1, 0.15) is 39.0 Å². The minimum absolute atomic E-state index is 0.0137. The first kappa shape index (κ1) is 13.5. The third kappa shape index (κ3) is 5.50. The summed E-state index contributed by atoms with van der Waals surface area (Å²) in [7, 11) is 0. The van der Waals surface area contributed by atoms with Crippen LogP contribution < -0.4 is 5.32 Å². The van der Waals surface area contributed by atoms with E-state index < -0.39 is 0 Å². The van der Waals surface area contributed by atoms with Gasteiger partial charge in [-0.25, -0.2) is 0 Å². The van der Waals surface area contributed by atoms with Crippen molar-refractivity contribution < 1.29 is 9.47 Å². The van der Waals surface area contributed by atoms with Crippen molar-refractivity contribution in [2.24, 2.45) is 0 Å². The maximum Gasteiger partial charge on any atom is 0.159 e. The topological polar surface area (TPSA) is 30.5 Å². The molecule has 1 rings (SSSR count). The first-order valence-corrected chi connectivity index (χ1v) is 6.27. The SMILES string of the molecule is C#CCCCC(CC1OCCO1)NCCC. The van der Waals surface area contributed by atoms with Crippen molar-refractivity contribution in [1.82, 2.24) is 5.32 Å². The Morgan fingerprint density at radius 1 is 1.44 bits per heavy atom. The number of ether oxygens (including phenoxy) is 2. The quantitative estimate of drug-likeness (QED) is 0.506. The zero-order valence-electron chi connectivity index (χ0n) is 10.2. The monoisotopic (exact) mass is 225 g/mol. The molecule has 1 saturated heterocycles. The second-order valence-corrected chi connectivity index (χ2v) is 4.15. The number of hydrogen-bond donors (Lipinski definition) is 1. The van der Waals surface area contributed by atoms with Gasteiger partial charge in [-0.05, 0) is 25.8 Å². The van der Waals surface area contributed by atoms with Crippen LogP contribution in [-0.2, 0) is 9.47 Å². The lowest BCUT2D eigenvalue weighted by Gasteiger charge is -2.20. The van der Waals surface area contributed by atoms with Crippen LogP contribution in [0.2, 0.25) is 0 Å². The lowest BCUT2D eigenvalue weighted by Crippen LogP contribution is -2.33. The van der Waals surface area contributed by atoms with E-state index in [1.807, 2.05) is 0 Å². The van der Waals surface area contributed by atoms with E-state index in [9.17, 15) is 0 Å². The van der Waals surface area contributed by atoms with E-state index in [1.165, 1.54) is 0 Å². The van der Waals surface area contributed by atoms with Gasteiger partial charge in [0.1, 0.15) is 0 Å². The number of hydrogen-bond acceptors (Lipinski definition) is 3. The fraction of sp³-hybridized carbons (Fsp3) is 0.846.